The minimum atomic E-state index is -0.0715. The molecule has 141 heavy (non-hydrogen) atoms. The zero-order valence-electron chi connectivity index (χ0n) is 83.8. The molecule has 1 fully saturated rings. The molecule has 0 saturated heterocycles. The van der Waals surface area contributed by atoms with Gasteiger partial charge < -0.3 is 60.3 Å². The molecule has 13 rings (SSSR count). The van der Waals surface area contributed by atoms with Crippen LogP contribution in [0.25, 0.3) is 0 Å². The first-order chi connectivity index (χ1) is 67.1. The average Bonchev–Trinajstić information content (AvgIpc) is 1.66. The highest BCUT2D eigenvalue weighted by Gasteiger charge is 2.29. The molecular formula is C114H127BrCl7IN6O12. The summed E-state index contributed by atoms with van der Waals surface area (Å²) in [5, 5.41) is 21.6. The van der Waals surface area contributed by atoms with Gasteiger partial charge in [-0.3, -0.25) is 28.8 Å². The molecule has 0 spiro atoms. The first-order valence-corrected chi connectivity index (χ1v) is 51.4. The largest absolute Gasteiger partial charge is 0.487 e. The smallest absolute Gasteiger partial charge is 0.224 e. The minimum Gasteiger partial charge on any atom is -0.487 e. The second-order valence-electron chi connectivity index (χ2n) is 34.2. The van der Waals surface area contributed by atoms with Gasteiger partial charge >= 0.3 is 0 Å². The number of amides is 6. The highest BCUT2D eigenvalue weighted by Crippen LogP contribution is 2.45. The summed E-state index contributed by atoms with van der Waals surface area (Å²) in [6.45, 7) is 41.3. The fraction of sp³-hybridized carbons (Fsp3) is 0.316. The standard InChI is InChI=1S/C21H24ClNO2.C20H24ClNO2.C19H22ClNO2.C18H19BrClNO2.C18H19Cl2NO2.C18H19ClINO2/c1-4-21(24)23-19-7-5-6-16(15-8-9-15)17(19)12-25-20-11-14(3)13(2)10-18(20)22;1-5-15-8-7-9-18(22-20(23)6-2)16(15)12-24-19-11-14(4)13(3)10-17(19)21;1-5-19(22)21-17-8-6-7-12(2)15(17)11-23-18-10-14(4)13(3)9-16(18)20;2*1-4-18(22)21-16-7-5-6-14(19)13(16)10-23-17-9-12(3)11(2)8-15(17)20;1-4-18(22)21-16-7-5-6-15(20)13(16)10-23-17-9-12(3)11(2)8-14(17)19/h5-7,10-11,15H,4,8-9,12H2,1-3H3,(H,23,24);7-11H,5-6,12H2,1-4H3,(H,22,23);6-10H,5,11H2,1-4H3,(H,21,22);3*5-9H,4,10H2,1-3H3,(H,21,22). The van der Waals surface area contributed by atoms with Crippen molar-refractivity contribution in [2.24, 2.45) is 0 Å². The third-order valence-electron chi connectivity index (χ3n) is 23.7. The summed E-state index contributed by atoms with van der Waals surface area (Å²) < 4.78 is 37.5. The summed E-state index contributed by atoms with van der Waals surface area (Å²) in [4.78, 5) is 70.3. The molecule has 1 saturated carbocycles. The Morgan fingerprint density at radius 2 is 0.518 bits per heavy atom. The van der Waals surface area contributed by atoms with Crippen LogP contribution in [0.5, 0.6) is 34.5 Å². The molecule has 0 aliphatic heterocycles. The van der Waals surface area contributed by atoms with Crippen LogP contribution in [0.3, 0.4) is 0 Å². The number of anilines is 6. The molecule has 0 aromatic heterocycles. The van der Waals surface area contributed by atoms with E-state index in [4.69, 9.17) is 110 Å². The van der Waals surface area contributed by atoms with Gasteiger partial charge in [-0.05, 0) is 349 Å². The fourth-order valence-electron chi connectivity index (χ4n) is 13.9. The molecule has 27 heteroatoms. The summed E-state index contributed by atoms with van der Waals surface area (Å²) in [6, 6.07) is 57.7. The van der Waals surface area contributed by atoms with Crippen LogP contribution in [0, 0.1) is 93.6 Å². The molecule has 6 amide bonds. The zero-order valence-corrected chi connectivity index (χ0v) is 92.8. The van der Waals surface area contributed by atoms with Crippen molar-refractivity contribution in [3.05, 3.63) is 342 Å². The normalized spacial score (nSPS) is 11.0. The van der Waals surface area contributed by atoms with Crippen LogP contribution in [-0.4, -0.2) is 35.4 Å². The average molecular weight is 2230 g/mol. The van der Waals surface area contributed by atoms with E-state index >= 15 is 0 Å². The van der Waals surface area contributed by atoms with Crippen LogP contribution in [0.15, 0.2) is 186 Å². The van der Waals surface area contributed by atoms with Gasteiger partial charge in [0.25, 0.3) is 0 Å². The molecule has 0 radical (unpaired) electrons. The number of hydrogen-bond donors (Lipinski definition) is 6. The number of aryl methyl sites for hydroxylation is 14. The molecule has 0 atom stereocenters. The van der Waals surface area contributed by atoms with Gasteiger partial charge in [0.2, 0.25) is 35.4 Å². The monoisotopic (exact) mass is 2220 g/mol. The van der Waals surface area contributed by atoms with E-state index in [1.54, 1.807) is 25.1 Å². The first kappa shape index (κ1) is 116. The molecule has 748 valence electrons. The first-order valence-electron chi connectivity index (χ1n) is 46.9. The quantitative estimate of drug-likeness (QED) is 0.0216. The van der Waals surface area contributed by atoms with Crippen molar-refractivity contribution < 1.29 is 57.2 Å². The van der Waals surface area contributed by atoms with Crippen LogP contribution in [0.1, 0.15) is 223 Å². The van der Waals surface area contributed by atoms with Crippen LogP contribution < -0.4 is 60.3 Å². The summed E-state index contributed by atoms with van der Waals surface area (Å²) >= 11 is 49.6. The maximum atomic E-state index is 11.9. The number of hydrogen-bond acceptors (Lipinski definition) is 12. The van der Waals surface area contributed by atoms with Gasteiger partial charge in [-0.2, -0.15) is 0 Å². The highest BCUT2D eigenvalue weighted by atomic mass is 127. The predicted molar refractivity (Wildman–Crippen MR) is 595 cm³/mol. The second-order valence-corrected chi connectivity index (χ2v) is 39.1. The number of halogens is 9. The summed E-state index contributed by atoms with van der Waals surface area (Å²) in [5.74, 6) is 4.35. The van der Waals surface area contributed by atoms with Crippen LogP contribution in [-0.2, 0) is 74.8 Å². The van der Waals surface area contributed by atoms with Gasteiger partial charge in [-0.1, -0.05) is 200 Å². The maximum absolute atomic E-state index is 11.9. The van der Waals surface area contributed by atoms with E-state index in [2.05, 4.69) is 89.5 Å². The number of ether oxygens (including phenoxy) is 6. The number of nitrogens with one attached hydrogen (secondary N) is 6. The molecule has 18 nitrogen and oxygen atoms in total. The number of rotatable bonds is 32. The van der Waals surface area contributed by atoms with E-state index in [9.17, 15) is 28.8 Å². The summed E-state index contributed by atoms with van der Waals surface area (Å²) in [6.07, 6.45) is 5.87. The third-order valence-corrected chi connectivity index (χ3v) is 27.6. The Balaban J connectivity index is 0.000000207. The Labute approximate surface area is 889 Å². The van der Waals surface area contributed by atoms with Crippen molar-refractivity contribution >= 4 is 189 Å². The Morgan fingerprint density at radius 1 is 0.277 bits per heavy atom. The van der Waals surface area contributed by atoms with E-state index in [1.807, 2.05) is 276 Å². The number of benzene rings is 12. The third kappa shape index (κ3) is 35.2. The fourth-order valence-corrected chi connectivity index (χ4v) is 16.9. The molecule has 1 aliphatic rings. The van der Waals surface area contributed by atoms with Gasteiger partial charge in [-0.15, -0.1) is 0 Å². The van der Waals surface area contributed by atoms with E-state index in [-0.39, 0.29) is 42.0 Å². The minimum absolute atomic E-state index is 0.00582. The van der Waals surface area contributed by atoms with Crippen molar-refractivity contribution in [3.63, 3.8) is 0 Å². The van der Waals surface area contributed by atoms with E-state index in [0.29, 0.717) is 153 Å². The Bertz CT molecular complexity index is 5930. The highest BCUT2D eigenvalue weighted by molar-refractivity contribution is 14.1. The lowest BCUT2D eigenvalue weighted by Gasteiger charge is -2.17. The van der Waals surface area contributed by atoms with E-state index < -0.39 is 0 Å². The van der Waals surface area contributed by atoms with E-state index in [1.165, 1.54) is 18.4 Å². The van der Waals surface area contributed by atoms with Crippen LogP contribution >= 0.6 is 120 Å². The van der Waals surface area contributed by atoms with Crippen LogP contribution in [0.4, 0.5) is 34.1 Å². The molecular weight excluding hydrogens is 2100 g/mol. The number of carbonyl (C=O) groups excluding carboxylic acids is 6. The Hall–Kier alpha value is -10.5. The van der Waals surface area contributed by atoms with Crippen molar-refractivity contribution in [1.29, 1.82) is 0 Å². The van der Waals surface area contributed by atoms with Crippen LogP contribution in [0.2, 0.25) is 35.2 Å². The molecule has 12 aromatic rings. The molecule has 6 N–H and O–H groups in total. The van der Waals surface area contributed by atoms with Gasteiger partial charge in [0, 0.05) is 119 Å². The van der Waals surface area contributed by atoms with Gasteiger partial charge in [-0.25, -0.2) is 0 Å². The van der Waals surface area contributed by atoms with Crippen molar-refractivity contribution in [2.75, 3.05) is 31.9 Å². The Morgan fingerprint density at radius 3 is 0.851 bits per heavy atom. The molecule has 1 aliphatic carbocycles. The van der Waals surface area contributed by atoms with Crippen molar-refractivity contribution in [2.45, 2.75) is 242 Å². The molecule has 0 heterocycles. The summed E-state index contributed by atoms with van der Waals surface area (Å²) in [7, 11) is 0. The summed E-state index contributed by atoms with van der Waals surface area (Å²) in [5.41, 5.74) is 27.2. The second kappa shape index (κ2) is 57.1. The van der Waals surface area contributed by atoms with Gasteiger partial charge in [0.1, 0.15) is 74.1 Å². The van der Waals surface area contributed by atoms with Crippen molar-refractivity contribution in [3.8, 4) is 34.5 Å². The lowest BCUT2D eigenvalue weighted by Crippen LogP contribution is -2.13. The Kier molecular flexibility index (Phi) is 46.9. The van der Waals surface area contributed by atoms with Crippen molar-refractivity contribution in [1.82, 2.24) is 0 Å². The predicted octanol–water partition coefficient (Wildman–Crippen LogP) is 33.1. The SMILES string of the molecule is CCC(=O)Nc1cccc(Br)c1COc1cc(C)c(C)cc1Cl.CCC(=O)Nc1cccc(C)c1COc1cc(C)c(C)cc1Cl.CCC(=O)Nc1cccc(C2CC2)c1COc1cc(C)c(C)cc1Cl.CCC(=O)Nc1cccc(CC)c1COc1cc(C)c(C)cc1Cl.CCC(=O)Nc1cccc(Cl)c1COc1cc(C)c(C)cc1Cl.CCC(=O)Nc1cccc(I)c1COc1cc(C)c(C)cc1Cl. The lowest BCUT2D eigenvalue weighted by atomic mass is 10.0. The topological polar surface area (TPSA) is 230 Å². The van der Waals surface area contributed by atoms with Gasteiger partial charge in [0.05, 0.1) is 30.1 Å². The zero-order chi connectivity index (χ0) is 104. The molecule has 0 unspecified atom stereocenters. The number of carbonyl (C=O) groups is 6. The van der Waals surface area contributed by atoms with Gasteiger partial charge in [0.15, 0.2) is 0 Å². The molecule has 0 bridgehead atoms. The maximum Gasteiger partial charge on any atom is 0.224 e. The van der Waals surface area contributed by atoms with E-state index in [0.717, 1.165) is 154 Å². The molecule has 12 aromatic carbocycles. The lowest BCUT2D eigenvalue weighted by molar-refractivity contribution is -0.116.